The van der Waals surface area contributed by atoms with Gasteiger partial charge in [-0.2, -0.15) is 20.4 Å². The fourth-order valence-corrected chi connectivity index (χ4v) is 16.6. The van der Waals surface area contributed by atoms with Crippen LogP contribution in [-0.4, -0.2) is 114 Å². The summed E-state index contributed by atoms with van der Waals surface area (Å²) in [5.41, 5.74) is 32.1. The highest BCUT2D eigenvalue weighted by Crippen LogP contribution is 2.41. The Kier molecular flexibility index (Phi) is 23.0. The number of nitrogens with zero attached hydrogens (tertiary/aromatic N) is 10. The smallest absolute Gasteiger partial charge is 0.434 e. The molecule has 27 nitrogen and oxygen atoms in total. The number of nitrogens with one attached hydrogen (secondary N) is 5. The van der Waals surface area contributed by atoms with E-state index in [4.69, 9.17) is 19.0 Å². The fourth-order valence-electron chi connectivity index (χ4n) is 16.6. The van der Waals surface area contributed by atoms with Crippen LogP contribution < -0.4 is 22.4 Å². The van der Waals surface area contributed by atoms with E-state index in [1.54, 1.807) is 10.7 Å². The first kappa shape index (κ1) is 76.4. The number of carboxylic acids is 1. The first-order chi connectivity index (χ1) is 51.7. The van der Waals surface area contributed by atoms with E-state index < -0.39 is 24.0 Å². The van der Waals surface area contributed by atoms with Gasteiger partial charge in [0.1, 0.15) is 42.6 Å². The Bertz CT molecular complexity index is 5400. The molecule has 0 atom stereocenters. The van der Waals surface area contributed by atoms with E-state index in [9.17, 15) is 44.4 Å². The summed E-state index contributed by atoms with van der Waals surface area (Å²) in [5.74, 6) is 0.0146. The van der Waals surface area contributed by atoms with Crippen LogP contribution in [0.3, 0.4) is 0 Å². The molecule has 15 rings (SSSR count). The maximum atomic E-state index is 11.9. The lowest BCUT2D eigenvalue weighted by molar-refractivity contribution is -0.138. The quantitative estimate of drug-likeness (QED) is 0.0320. The van der Waals surface area contributed by atoms with Gasteiger partial charge >= 0.3 is 17.5 Å². The van der Waals surface area contributed by atoms with Gasteiger partial charge in [0.2, 0.25) is 17.7 Å². The van der Waals surface area contributed by atoms with Gasteiger partial charge in [-0.3, -0.25) is 38.2 Å². The highest BCUT2D eigenvalue weighted by Gasteiger charge is 2.29. The van der Waals surface area contributed by atoms with Crippen LogP contribution in [0.25, 0.3) is 0 Å². The summed E-state index contributed by atoms with van der Waals surface area (Å²) in [4.78, 5) is 56.1. The number of hydrogen-bond donors (Lipinski definition) is 10. The molecule has 4 aromatic carbocycles. The Morgan fingerprint density at radius 2 is 0.870 bits per heavy atom. The van der Waals surface area contributed by atoms with E-state index in [1.165, 1.54) is 61.2 Å². The van der Waals surface area contributed by atoms with Gasteiger partial charge in [-0.1, -0.05) is 38.1 Å². The number of aliphatic carboxylic acids is 1. The lowest BCUT2D eigenvalue weighted by Crippen LogP contribution is -2.32. The van der Waals surface area contributed by atoms with Crippen molar-refractivity contribution in [3.05, 3.63) is 236 Å². The molecule has 4 aliphatic carbocycles. The van der Waals surface area contributed by atoms with Crippen molar-refractivity contribution >= 4 is 11.9 Å². The number of aromatic amines is 4. The van der Waals surface area contributed by atoms with Crippen LogP contribution >= 0.6 is 0 Å². The van der Waals surface area contributed by atoms with Crippen molar-refractivity contribution in [2.75, 3.05) is 6.54 Å². The van der Waals surface area contributed by atoms with Crippen molar-refractivity contribution in [1.29, 1.82) is 0 Å². The largest absolute Gasteiger partial charge is 0.507 e. The van der Waals surface area contributed by atoms with Crippen LogP contribution in [-0.2, 0) is 132 Å². The molecule has 108 heavy (non-hydrogen) atoms. The van der Waals surface area contributed by atoms with Gasteiger partial charge in [-0.15, -0.1) is 10.2 Å². The number of aryl methyl sites for hydroxylation is 10. The standard InChI is InChI=1S/C21H26N4O3.C20H24N4O3.C20H24N4O2.C20H25N3O4/c1-4-17-16(10-13-9-12(3)20(26)15-8-6-7-14(13)15)18(5-2)25(24-17)11-19-22-23-21(27)28-19;1-11-9-14(15-5-4-6-16(15)19(11)25)10-17-12(2)23-24(13(17)3)8-7-18-21-22-20(26)27-18;1-11-7-14(16-5-4-6-17(16)20(11)26)8-18-12(2)23-24(13(18)3)10-15-9-19(25)22-21-15;1-11-7-14(15-5-4-6-16(15)20(11)27)8-17-12(2)22-23(13(17)3)10-18(24)21-9-19(25)26/h9,26H,4-8,10-11H2,1-3H3,(H,23,27);9,25H,4-8,10H2,1-3H3,(H,22,26);7,9,26H,4-6,8,10H2,1-3H3,(H2,21,22,25);7,27H,4-6,8-10H2,1-3H3,(H,21,24)(H,25,26). The Hall–Kier alpha value is -11.3. The number of hydrogen-bond acceptors (Lipinski definition) is 17. The second-order valence-electron chi connectivity index (χ2n) is 29.2. The van der Waals surface area contributed by atoms with Crippen LogP contribution in [0.15, 0.2) is 53.5 Å². The molecule has 4 aliphatic rings. The SMILES string of the molecule is CCc1nn(Cc2n[nH]c(=O)o2)c(CC)c1Cc1cc(C)c(O)c2c1CCC2.Cc1cc(Cc2c(C)nn(CC(=O)NCC(=O)O)c2C)c2c(c1O)CCC2.Cc1cc(Cc2c(C)nn(CCc3n[nH]c(=O)o3)c2C)c2c(c1O)CCC2.Cc1cc(Cc2c(C)nn(Cc3cc(=O)[nH][nH]3)c2C)c2c(c1O)CCC2. The minimum absolute atomic E-state index is 0.00728. The zero-order valence-electron chi connectivity index (χ0n) is 63.9. The number of rotatable bonds is 21. The Morgan fingerprint density at radius 1 is 0.472 bits per heavy atom. The second kappa shape index (κ2) is 32.5. The van der Waals surface area contributed by atoms with E-state index >= 15 is 0 Å². The molecule has 0 saturated carbocycles. The third-order valence-corrected chi connectivity index (χ3v) is 22.1. The van der Waals surface area contributed by atoms with Crippen LogP contribution in [0.5, 0.6) is 23.0 Å². The molecule has 27 heteroatoms. The van der Waals surface area contributed by atoms with Crippen LogP contribution in [0, 0.1) is 69.2 Å². The molecule has 0 spiro atoms. The van der Waals surface area contributed by atoms with Gasteiger partial charge in [-0.05, 0) is 248 Å². The zero-order valence-corrected chi connectivity index (χ0v) is 63.9. The average Bonchev–Trinajstić information content (AvgIpc) is 1.64. The minimum Gasteiger partial charge on any atom is -0.507 e. The van der Waals surface area contributed by atoms with E-state index in [0.29, 0.717) is 67.3 Å². The van der Waals surface area contributed by atoms with Crippen molar-refractivity contribution in [1.82, 2.24) is 75.0 Å². The topological polar surface area (TPSA) is 385 Å². The Balaban J connectivity index is 0.000000135. The Labute approximate surface area is 624 Å². The van der Waals surface area contributed by atoms with Crippen LogP contribution in [0.2, 0.25) is 0 Å². The second-order valence-corrected chi connectivity index (χ2v) is 29.2. The molecular formula is C81H99N15O12. The summed E-state index contributed by atoms with van der Waals surface area (Å²) in [7, 11) is 0. The molecule has 570 valence electrons. The highest BCUT2D eigenvalue weighted by molar-refractivity contribution is 5.81. The maximum Gasteiger partial charge on any atom is 0.434 e. The number of phenolic OH excluding ortho intramolecular Hbond substituents is 4. The number of carboxylic acid groups (broad SMARTS) is 1. The monoisotopic (exact) mass is 1470 g/mol. The molecule has 1 amide bonds. The van der Waals surface area contributed by atoms with Gasteiger partial charge < -0.3 is 44.8 Å². The number of benzene rings is 4. The molecule has 0 unspecified atom stereocenters. The predicted octanol–water partition coefficient (Wildman–Crippen LogP) is 9.79. The van der Waals surface area contributed by atoms with Crippen LogP contribution in [0.1, 0.15) is 214 Å². The summed E-state index contributed by atoms with van der Waals surface area (Å²) in [6, 6.07) is 9.98. The van der Waals surface area contributed by atoms with Gasteiger partial charge in [0.25, 0.3) is 5.56 Å². The predicted molar refractivity (Wildman–Crippen MR) is 405 cm³/mol. The number of phenols is 4. The van der Waals surface area contributed by atoms with Gasteiger partial charge in [-0.25, -0.2) is 19.8 Å². The number of aromatic nitrogens is 14. The number of amides is 1. The van der Waals surface area contributed by atoms with Crippen molar-refractivity contribution < 1.29 is 44.0 Å². The first-order valence-corrected chi connectivity index (χ1v) is 37.5. The molecule has 0 saturated heterocycles. The molecule has 0 bridgehead atoms. The number of fused-ring (bicyclic) bond motifs is 4. The average molecular weight is 1470 g/mol. The fraction of sp³-hybridized carbons (Fsp3) is 0.444. The molecule has 7 heterocycles. The highest BCUT2D eigenvalue weighted by atomic mass is 16.4. The maximum absolute atomic E-state index is 11.9. The van der Waals surface area contributed by atoms with E-state index in [-0.39, 0.29) is 18.0 Å². The molecular weight excluding hydrogens is 1370 g/mol. The lowest BCUT2D eigenvalue weighted by Gasteiger charge is -2.14. The third-order valence-electron chi connectivity index (χ3n) is 22.1. The molecule has 0 radical (unpaired) electrons. The van der Waals surface area contributed by atoms with Gasteiger partial charge in [0.05, 0.1) is 35.0 Å². The number of carbonyl (C=O) groups excluding carboxylic acids is 1. The number of carbonyl (C=O) groups is 2. The molecule has 0 fully saturated rings. The molecule has 7 aromatic heterocycles. The summed E-state index contributed by atoms with van der Waals surface area (Å²) >= 11 is 0. The first-order valence-electron chi connectivity index (χ1n) is 37.5. The Morgan fingerprint density at radius 3 is 1.27 bits per heavy atom. The van der Waals surface area contributed by atoms with E-state index in [1.807, 2.05) is 69.4 Å². The minimum atomic E-state index is -1.08. The summed E-state index contributed by atoms with van der Waals surface area (Å²) < 4.78 is 17.4. The molecule has 0 aliphatic heterocycles. The molecule has 10 N–H and O–H groups in total. The van der Waals surface area contributed by atoms with E-state index in [0.717, 1.165) is 210 Å². The van der Waals surface area contributed by atoms with E-state index in [2.05, 4.69) is 103 Å². The zero-order chi connectivity index (χ0) is 77.1. The normalized spacial score (nSPS) is 13.2. The van der Waals surface area contributed by atoms with Crippen molar-refractivity contribution in [3.63, 3.8) is 0 Å². The summed E-state index contributed by atoms with van der Waals surface area (Å²) in [5, 5.41) is 88.8. The van der Waals surface area contributed by atoms with Crippen molar-refractivity contribution in [3.8, 4) is 23.0 Å². The summed E-state index contributed by atoms with van der Waals surface area (Å²) in [6.45, 7) is 25.2. The lowest BCUT2D eigenvalue weighted by atomic mass is 9.92. The van der Waals surface area contributed by atoms with Crippen molar-refractivity contribution in [2.45, 2.75) is 231 Å². The molecule has 11 aromatic rings. The van der Waals surface area contributed by atoms with Gasteiger partial charge in [0, 0.05) is 89.7 Å². The van der Waals surface area contributed by atoms with Gasteiger partial charge in [0.15, 0.2) is 0 Å². The number of H-pyrrole nitrogens is 4. The van der Waals surface area contributed by atoms with Crippen molar-refractivity contribution in [2.24, 2.45) is 0 Å². The third kappa shape index (κ3) is 16.3. The van der Waals surface area contributed by atoms with Crippen LogP contribution in [0.4, 0.5) is 0 Å². The number of aromatic hydroxyl groups is 4. The summed E-state index contributed by atoms with van der Waals surface area (Å²) in [6.07, 6.45) is 17.5.